The van der Waals surface area contributed by atoms with Crippen LogP contribution < -0.4 is 10.1 Å². The number of aromatic nitrogens is 4. The SMILES string of the molecule is O=C(Nc1ccc(Oc2ccc(-n3ccnc3)nn2)cc1)c1ccco1. The first-order chi connectivity index (χ1) is 12.8. The average molecular weight is 347 g/mol. The Hall–Kier alpha value is -3.94. The maximum Gasteiger partial charge on any atom is 0.291 e. The Bertz CT molecular complexity index is 979. The molecule has 0 radical (unpaired) electrons. The van der Waals surface area contributed by atoms with Crippen LogP contribution in [0.25, 0.3) is 5.82 Å². The second-order valence-corrected chi connectivity index (χ2v) is 5.26. The summed E-state index contributed by atoms with van der Waals surface area (Å²) in [6.45, 7) is 0. The fourth-order valence-corrected chi connectivity index (χ4v) is 2.23. The Morgan fingerprint density at radius 2 is 1.96 bits per heavy atom. The number of ether oxygens (including phenoxy) is 1. The maximum absolute atomic E-state index is 11.9. The van der Waals surface area contributed by atoms with E-state index in [4.69, 9.17) is 9.15 Å². The zero-order chi connectivity index (χ0) is 17.8. The highest BCUT2D eigenvalue weighted by molar-refractivity contribution is 6.02. The molecule has 0 aliphatic carbocycles. The monoisotopic (exact) mass is 347 g/mol. The lowest BCUT2D eigenvalue weighted by atomic mass is 10.3. The zero-order valence-corrected chi connectivity index (χ0v) is 13.4. The lowest BCUT2D eigenvalue weighted by molar-refractivity contribution is 0.0996. The zero-order valence-electron chi connectivity index (χ0n) is 13.4. The first-order valence-electron chi connectivity index (χ1n) is 7.73. The second-order valence-electron chi connectivity index (χ2n) is 5.26. The third-order valence-corrected chi connectivity index (χ3v) is 3.47. The third kappa shape index (κ3) is 3.44. The van der Waals surface area contributed by atoms with Gasteiger partial charge in [0, 0.05) is 24.1 Å². The summed E-state index contributed by atoms with van der Waals surface area (Å²) >= 11 is 0. The van der Waals surface area contributed by atoms with Gasteiger partial charge in [-0.1, -0.05) is 0 Å². The topological polar surface area (TPSA) is 95.1 Å². The molecule has 0 aliphatic rings. The van der Waals surface area contributed by atoms with Crippen molar-refractivity contribution in [3.8, 4) is 17.4 Å². The number of anilines is 1. The molecule has 1 amide bonds. The fourth-order valence-electron chi connectivity index (χ4n) is 2.23. The first-order valence-corrected chi connectivity index (χ1v) is 7.73. The van der Waals surface area contributed by atoms with Crippen molar-refractivity contribution >= 4 is 11.6 Å². The van der Waals surface area contributed by atoms with Gasteiger partial charge < -0.3 is 14.5 Å². The van der Waals surface area contributed by atoms with Gasteiger partial charge in [-0.2, -0.15) is 0 Å². The highest BCUT2D eigenvalue weighted by Crippen LogP contribution is 2.21. The minimum atomic E-state index is -0.315. The number of imidazole rings is 1. The summed E-state index contributed by atoms with van der Waals surface area (Å²) < 4.78 is 12.4. The highest BCUT2D eigenvalue weighted by atomic mass is 16.5. The molecule has 26 heavy (non-hydrogen) atoms. The molecule has 4 aromatic rings. The molecule has 4 rings (SSSR count). The lowest BCUT2D eigenvalue weighted by Crippen LogP contribution is -2.10. The third-order valence-electron chi connectivity index (χ3n) is 3.47. The number of carbonyl (C=O) groups is 1. The van der Waals surface area contributed by atoms with Crippen LogP contribution in [0, 0.1) is 0 Å². The lowest BCUT2D eigenvalue weighted by Gasteiger charge is -2.07. The predicted molar refractivity (Wildman–Crippen MR) is 92.3 cm³/mol. The molecule has 0 aliphatic heterocycles. The van der Waals surface area contributed by atoms with E-state index in [1.54, 1.807) is 71.8 Å². The van der Waals surface area contributed by atoms with Gasteiger partial charge in [-0.3, -0.25) is 9.36 Å². The molecule has 0 spiro atoms. The van der Waals surface area contributed by atoms with Crippen molar-refractivity contribution in [1.82, 2.24) is 19.7 Å². The molecule has 0 saturated heterocycles. The largest absolute Gasteiger partial charge is 0.459 e. The van der Waals surface area contributed by atoms with Crippen LogP contribution in [-0.4, -0.2) is 25.7 Å². The van der Waals surface area contributed by atoms with Gasteiger partial charge in [0.05, 0.1) is 6.26 Å². The van der Waals surface area contributed by atoms with E-state index in [0.29, 0.717) is 23.1 Å². The molecular weight excluding hydrogens is 334 g/mol. The summed E-state index contributed by atoms with van der Waals surface area (Å²) in [5.41, 5.74) is 0.625. The normalized spacial score (nSPS) is 10.5. The number of hydrogen-bond acceptors (Lipinski definition) is 6. The van der Waals surface area contributed by atoms with Gasteiger partial charge in [0.1, 0.15) is 12.1 Å². The highest BCUT2D eigenvalue weighted by Gasteiger charge is 2.09. The van der Waals surface area contributed by atoms with Crippen LogP contribution in [0.1, 0.15) is 10.6 Å². The van der Waals surface area contributed by atoms with Crippen molar-refractivity contribution in [3.05, 3.63) is 79.3 Å². The van der Waals surface area contributed by atoms with Crippen LogP contribution in [0.4, 0.5) is 5.69 Å². The quantitative estimate of drug-likeness (QED) is 0.595. The van der Waals surface area contributed by atoms with Gasteiger partial charge in [-0.15, -0.1) is 10.2 Å². The number of hydrogen-bond donors (Lipinski definition) is 1. The molecule has 1 aromatic carbocycles. The molecule has 0 atom stereocenters. The van der Waals surface area contributed by atoms with Gasteiger partial charge in [-0.25, -0.2) is 4.98 Å². The van der Waals surface area contributed by atoms with Crippen LogP contribution in [0.15, 0.2) is 77.9 Å². The number of nitrogens with zero attached hydrogens (tertiary/aromatic N) is 4. The summed E-state index contributed by atoms with van der Waals surface area (Å²) in [4.78, 5) is 15.9. The number of furan rings is 1. The van der Waals surface area contributed by atoms with E-state index < -0.39 is 0 Å². The molecule has 3 aromatic heterocycles. The number of carbonyl (C=O) groups excluding carboxylic acids is 1. The van der Waals surface area contributed by atoms with Crippen molar-refractivity contribution in [2.24, 2.45) is 0 Å². The standard InChI is InChI=1S/C18H13N5O3/c24-18(15-2-1-11-25-15)20-13-3-5-14(6-4-13)26-17-8-7-16(21-22-17)23-10-9-19-12-23/h1-12H,(H,20,24). The van der Waals surface area contributed by atoms with Crippen LogP contribution in [0.3, 0.4) is 0 Å². The van der Waals surface area contributed by atoms with E-state index in [1.807, 2.05) is 0 Å². The number of nitrogens with one attached hydrogen (secondary N) is 1. The van der Waals surface area contributed by atoms with Crippen LogP contribution in [-0.2, 0) is 0 Å². The Labute approximate surface area is 148 Å². The second kappa shape index (κ2) is 6.89. The summed E-state index contributed by atoms with van der Waals surface area (Å²) in [5, 5.41) is 10.8. The molecule has 0 saturated carbocycles. The first kappa shape index (κ1) is 15.6. The van der Waals surface area contributed by atoms with E-state index in [0.717, 1.165) is 0 Å². The summed E-state index contributed by atoms with van der Waals surface area (Å²) in [7, 11) is 0. The molecule has 8 nitrogen and oxygen atoms in total. The van der Waals surface area contributed by atoms with Gasteiger partial charge >= 0.3 is 0 Å². The van der Waals surface area contributed by atoms with Crippen molar-refractivity contribution < 1.29 is 13.9 Å². The van der Waals surface area contributed by atoms with Crippen LogP contribution in [0.5, 0.6) is 11.6 Å². The molecule has 1 N–H and O–H groups in total. The molecule has 0 bridgehead atoms. The van der Waals surface area contributed by atoms with Crippen LogP contribution in [0.2, 0.25) is 0 Å². The fraction of sp³-hybridized carbons (Fsp3) is 0. The van der Waals surface area contributed by atoms with E-state index in [9.17, 15) is 4.79 Å². The Kier molecular flexibility index (Phi) is 4.13. The molecule has 128 valence electrons. The Morgan fingerprint density at radius 3 is 2.62 bits per heavy atom. The summed E-state index contributed by atoms with van der Waals surface area (Å²) in [6, 6.07) is 13.7. The molecule has 8 heteroatoms. The number of benzene rings is 1. The van der Waals surface area contributed by atoms with Gasteiger partial charge in [-0.05, 0) is 42.5 Å². The molecule has 0 fully saturated rings. The van der Waals surface area contributed by atoms with E-state index in [1.165, 1.54) is 6.26 Å². The number of amides is 1. The summed E-state index contributed by atoms with van der Waals surface area (Å²) in [5.74, 6) is 1.51. The van der Waals surface area contributed by atoms with Gasteiger partial charge in [0.15, 0.2) is 11.6 Å². The number of rotatable bonds is 5. The average Bonchev–Trinajstić information content (AvgIpc) is 3.38. The minimum absolute atomic E-state index is 0.249. The molecule has 0 unspecified atom stereocenters. The maximum atomic E-state index is 11.9. The van der Waals surface area contributed by atoms with Crippen LogP contribution >= 0.6 is 0 Å². The molecular formula is C18H13N5O3. The van der Waals surface area contributed by atoms with E-state index >= 15 is 0 Å². The Balaban J connectivity index is 1.40. The van der Waals surface area contributed by atoms with Gasteiger partial charge in [0.25, 0.3) is 5.91 Å². The molecule has 3 heterocycles. The Morgan fingerprint density at radius 1 is 1.08 bits per heavy atom. The van der Waals surface area contributed by atoms with E-state index in [-0.39, 0.29) is 11.7 Å². The van der Waals surface area contributed by atoms with Crippen molar-refractivity contribution in [2.75, 3.05) is 5.32 Å². The summed E-state index contributed by atoms with van der Waals surface area (Å²) in [6.07, 6.45) is 6.53. The van der Waals surface area contributed by atoms with E-state index in [2.05, 4.69) is 20.5 Å². The predicted octanol–water partition coefficient (Wildman–Crippen LogP) is 3.30. The van der Waals surface area contributed by atoms with Crippen molar-refractivity contribution in [1.29, 1.82) is 0 Å². The van der Waals surface area contributed by atoms with Crippen molar-refractivity contribution in [2.45, 2.75) is 0 Å². The minimum Gasteiger partial charge on any atom is -0.459 e. The van der Waals surface area contributed by atoms with Crippen molar-refractivity contribution in [3.63, 3.8) is 0 Å². The smallest absolute Gasteiger partial charge is 0.291 e. The van der Waals surface area contributed by atoms with Gasteiger partial charge in [0.2, 0.25) is 5.88 Å².